The Balaban J connectivity index is 2.41. The molecule has 0 heterocycles. The van der Waals surface area contributed by atoms with Gasteiger partial charge < -0.3 is 9.47 Å². The molecule has 0 atom stereocenters. The first-order chi connectivity index (χ1) is 10.8. The smallest absolute Gasteiger partial charge is 0.157 e. The lowest BCUT2D eigenvalue weighted by Crippen LogP contribution is -2.04. The van der Waals surface area contributed by atoms with E-state index in [1.165, 1.54) is 32.1 Å². The summed E-state index contributed by atoms with van der Waals surface area (Å²) in [5.74, 6) is 1.27. The molecule has 0 unspecified atom stereocenters. The number of unbranched alkanes of at least 4 members (excludes halogenated alkanes) is 6. The third kappa shape index (κ3) is 6.97. The highest BCUT2D eigenvalue weighted by atomic mass is 16.5. The van der Waals surface area contributed by atoms with Crippen LogP contribution in [0.4, 0.5) is 0 Å². The van der Waals surface area contributed by atoms with Gasteiger partial charge in [0, 0.05) is 0 Å². The summed E-state index contributed by atoms with van der Waals surface area (Å²) in [5.41, 5.74) is 0.532. The van der Waals surface area contributed by atoms with Crippen molar-refractivity contribution in [1.82, 2.24) is 0 Å². The van der Waals surface area contributed by atoms with E-state index in [0.717, 1.165) is 25.5 Å². The zero-order valence-electron chi connectivity index (χ0n) is 14.1. The Bertz CT molecular complexity index is 415. The molecule has 0 bridgehead atoms. The van der Waals surface area contributed by atoms with Crippen molar-refractivity contribution in [2.75, 3.05) is 13.2 Å². The van der Waals surface area contributed by atoms with E-state index in [1.807, 2.05) is 18.2 Å². The molecule has 0 radical (unpaired) electrons. The largest absolute Gasteiger partial charge is 0.493 e. The molecule has 1 aromatic rings. The lowest BCUT2D eigenvalue weighted by molar-refractivity contribution is 0.111. The minimum absolute atomic E-state index is 0.532. The molecule has 0 spiro atoms. The van der Waals surface area contributed by atoms with Crippen molar-refractivity contribution in [3.8, 4) is 11.5 Å². The van der Waals surface area contributed by atoms with Crippen LogP contribution in [0.5, 0.6) is 11.5 Å². The monoisotopic (exact) mass is 306 g/mol. The summed E-state index contributed by atoms with van der Waals surface area (Å²) in [6, 6.07) is 5.55. The van der Waals surface area contributed by atoms with Gasteiger partial charge in [0.25, 0.3) is 0 Å². The van der Waals surface area contributed by atoms with Gasteiger partial charge in [-0.05, 0) is 25.0 Å². The lowest BCUT2D eigenvalue weighted by atomic mass is 10.1. The number of hydrogen-bond acceptors (Lipinski definition) is 3. The predicted octanol–water partition coefficient (Wildman–Crippen LogP) is 5.42. The van der Waals surface area contributed by atoms with E-state index in [-0.39, 0.29) is 0 Å². The molecule has 0 aliphatic rings. The number of carbonyl (C=O) groups is 1. The second kappa shape index (κ2) is 12.1. The summed E-state index contributed by atoms with van der Waals surface area (Å²) >= 11 is 0. The van der Waals surface area contributed by atoms with Crippen LogP contribution in [0.15, 0.2) is 18.2 Å². The molecule has 1 aromatic carbocycles. The maximum Gasteiger partial charge on any atom is 0.157 e. The van der Waals surface area contributed by atoms with Crippen LogP contribution in [-0.4, -0.2) is 19.5 Å². The van der Waals surface area contributed by atoms with Gasteiger partial charge in [0.2, 0.25) is 0 Å². The number of hydrogen-bond donors (Lipinski definition) is 0. The van der Waals surface area contributed by atoms with E-state index in [1.54, 1.807) is 0 Å². The Labute approximate surface area is 135 Å². The van der Waals surface area contributed by atoms with Crippen molar-refractivity contribution in [3.63, 3.8) is 0 Å². The minimum Gasteiger partial charge on any atom is -0.493 e. The van der Waals surface area contributed by atoms with Crippen LogP contribution in [0.25, 0.3) is 0 Å². The first-order valence-electron chi connectivity index (χ1n) is 8.67. The lowest BCUT2D eigenvalue weighted by Gasteiger charge is -2.12. The van der Waals surface area contributed by atoms with Crippen LogP contribution < -0.4 is 9.47 Å². The summed E-state index contributed by atoms with van der Waals surface area (Å²) in [5, 5.41) is 0. The molecule has 0 saturated carbocycles. The summed E-state index contributed by atoms with van der Waals surface area (Å²) in [6.45, 7) is 5.63. The van der Waals surface area contributed by atoms with E-state index in [4.69, 9.17) is 9.47 Å². The number of rotatable bonds is 13. The van der Waals surface area contributed by atoms with Gasteiger partial charge in [0.05, 0.1) is 18.8 Å². The second-order valence-electron chi connectivity index (χ2n) is 5.60. The molecular formula is C19H30O3. The van der Waals surface area contributed by atoms with Crippen LogP contribution in [-0.2, 0) is 0 Å². The Hall–Kier alpha value is -1.51. The molecule has 3 nitrogen and oxygen atoms in total. The third-order valence-corrected chi connectivity index (χ3v) is 3.65. The van der Waals surface area contributed by atoms with Crippen molar-refractivity contribution in [3.05, 3.63) is 23.8 Å². The quantitative estimate of drug-likeness (QED) is 0.361. The molecule has 0 aromatic heterocycles. The fourth-order valence-corrected chi connectivity index (χ4v) is 2.28. The summed E-state index contributed by atoms with van der Waals surface area (Å²) in [4.78, 5) is 11.3. The van der Waals surface area contributed by atoms with Gasteiger partial charge in [-0.2, -0.15) is 0 Å². The highest BCUT2D eigenvalue weighted by molar-refractivity contribution is 5.83. The normalized spacial score (nSPS) is 10.5. The predicted molar refractivity (Wildman–Crippen MR) is 91.1 cm³/mol. The average Bonchev–Trinajstić information content (AvgIpc) is 2.54. The van der Waals surface area contributed by atoms with Crippen molar-refractivity contribution < 1.29 is 14.3 Å². The topological polar surface area (TPSA) is 35.5 Å². The Morgan fingerprint density at radius 3 is 1.95 bits per heavy atom. The zero-order valence-corrected chi connectivity index (χ0v) is 14.1. The summed E-state index contributed by atoms with van der Waals surface area (Å²) in [7, 11) is 0. The second-order valence-corrected chi connectivity index (χ2v) is 5.60. The van der Waals surface area contributed by atoms with Gasteiger partial charge in [-0.1, -0.05) is 58.4 Å². The maximum absolute atomic E-state index is 11.3. The van der Waals surface area contributed by atoms with Crippen molar-refractivity contribution >= 4 is 6.29 Å². The van der Waals surface area contributed by atoms with E-state index < -0.39 is 0 Å². The van der Waals surface area contributed by atoms with E-state index >= 15 is 0 Å². The van der Waals surface area contributed by atoms with E-state index in [2.05, 4.69) is 13.8 Å². The van der Waals surface area contributed by atoms with Crippen LogP contribution in [0.1, 0.15) is 75.6 Å². The number of ether oxygens (including phenoxy) is 2. The van der Waals surface area contributed by atoms with Crippen LogP contribution in [0, 0.1) is 0 Å². The van der Waals surface area contributed by atoms with Crippen molar-refractivity contribution in [2.45, 2.75) is 65.2 Å². The van der Waals surface area contributed by atoms with E-state index in [0.29, 0.717) is 30.3 Å². The molecule has 0 aliphatic carbocycles. The molecule has 124 valence electrons. The number of aldehydes is 1. The first kappa shape index (κ1) is 18.5. The van der Waals surface area contributed by atoms with Gasteiger partial charge in [-0.25, -0.2) is 0 Å². The van der Waals surface area contributed by atoms with Gasteiger partial charge in [-0.3, -0.25) is 4.79 Å². The number of carbonyl (C=O) groups excluding carboxylic acids is 1. The van der Waals surface area contributed by atoms with Gasteiger partial charge in [-0.15, -0.1) is 0 Å². The molecule has 3 heteroatoms. The number of benzene rings is 1. The maximum atomic E-state index is 11.3. The van der Waals surface area contributed by atoms with E-state index in [9.17, 15) is 4.79 Å². The molecule has 0 N–H and O–H groups in total. The third-order valence-electron chi connectivity index (χ3n) is 3.65. The highest BCUT2D eigenvalue weighted by Crippen LogP contribution is 2.27. The Morgan fingerprint density at radius 1 is 0.818 bits per heavy atom. The standard InChI is InChI=1S/C19H30O3/c1-3-5-7-8-9-10-15-22-19-13-11-12-18(17(19)16-20)21-14-6-4-2/h11-13,16H,3-10,14-15H2,1-2H3. The molecule has 0 fully saturated rings. The zero-order chi connectivity index (χ0) is 16.0. The average molecular weight is 306 g/mol. The highest BCUT2D eigenvalue weighted by Gasteiger charge is 2.09. The van der Waals surface area contributed by atoms with Crippen LogP contribution in [0.2, 0.25) is 0 Å². The Kier molecular flexibility index (Phi) is 10.2. The molecular weight excluding hydrogens is 276 g/mol. The van der Waals surface area contributed by atoms with Crippen molar-refractivity contribution in [1.29, 1.82) is 0 Å². The van der Waals surface area contributed by atoms with Crippen LogP contribution in [0.3, 0.4) is 0 Å². The molecule has 22 heavy (non-hydrogen) atoms. The minimum atomic E-state index is 0.532. The Morgan fingerprint density at radius 2 is 1.36 bits per heavy atom. The summed E-state index contributed by atoms with van der Waals surface area (Å²) in [6.07, 6.45) is 10.3. The molecule has 0 amide bonds. The van der Waals surface area contributed by atoms with Gasteiger partial charge in [0.15, 0.2) is 6.29 Å². The van der Waals surface area contributed by atoms with Gasteiger partial charge in [0.1, 0.15) is 11.5 Å². The van der Waals surface area contributed by atoms with Crippen LogP contribution >= 0.6 is 0 Å². The molecule has 1 rings (SSSR count). The first-order valence-corrected chi connectivity index (χ1v) is 8.67. The van der Waals surface area contributed by atoms with Gasteiger partial charge >= 0.3 is 0 Å². The molecule has 0 saturated heterocycles. The fourth-order valence-electron chi connectivity index (χ4n) is 2.28. The SMILES string of the molecule is CCCCCCCCOc1cccc(OCCCC)c1C=O. The fraction of sp³-hybridized carbons (Fsp3) is 0.632. The van der Waals surface area contributed by atoms with Crippen molar-refractivity contribution in [2.24, 2.45) is 0 Å². The molecule has 0 aliphatic heterocycles. The summed E-state index contributed by atoms with van der Waals surface area (Å²) < 4.78 is 11.4.